The maximum Gasteiger partial charge on any atom is 0.220 e. The van der Waals surface area contributed by atoms with Crippen LogP contribution in [0.25, 0.3) is 0 Å². The fourth-order valence-corrected chi connectivity index (χ4v) is 5.31. The number of hydrogen-bond donors (Lipinski definition) is 2. The van der Waals surface area contributed by atoms with Crippen molar-refractivity contribution in [3.05, 3.63) is 30.1 Å². The number of nitrogens with one attached hydrogen (secondary N) is 1. The Labute approximate surface area is 166 Å². The molecule has 0 aliphatic carbocycles. The summed E-state index contributed by atoms with van der Waals surface area (Å²) in [4.78, 5) is 16.8. The average molecular weight is 390 g/mol. The third-order valence-corrected chi connectivity index (χ3v) is 7.03. The van der Waals surface area contributed by atoms with Crippen LogP contribution in [0.3, 0.4) is 0 Å². The van der Waals surface area contributed by atoms with Crippen molar-refractivity contribution in [3.63, 3.8) is 0 Å². The number of likely N-dealkylation sites (tertiary alicyclic amines) is 1. The normalized spacial score (nSPS) is 31.0. The van der Waals surface area contributed by atoms with Crippen LogP contribution in [0.15, 0.2) is 24.3 Å². The standard InChI is InChI=1S/C22H32FN3O2/c1-21-10-13-26(19(21)4-2-3-5-20(27)24-21)16-22(28)11-14-25(15-12-22)18-8-6-17(23)7-9-18/h6-9,19,28H,2-5,10-16H2,1H3,(H,24,27)/t19-,21-/m0/s1. The van der Waals surface area contributed by atoms with E-state index < -0.39 is 5.60 Å². The highest BCUT2D eigenvalue weighted by atomic mass is 19.1. The lowest BCUT2D eigenvalue weighted by Gasteiger charge is -2.44. The van der Waals surface area contributed by atoms with E-state index >= 15 is 0 Å². The Morgan fingerprint density at radius 3 is 2.57 bits per heavy atom. The molecular formula is C22H32FN3O2. The summed E-state index contributed by atoms with van der Waals surface area (Å²) in [6.45, 7) is 5.30. The minimum absolute atomic E-state index is 0.167. The van der Waals surface area contributed by atoms with Crippen molar-refractivity contribution in [1.82, 2.24) is 10.2 Å². The summed E-state index contributed by atoms with van der Waals surface area (Å²) in [5, 5.41) is 14.5. The van der Waals surface area contributed by atoms with Gasteiger partial charge in [-0.3, -0.25) is 9.69 Å². The van der Waals surface area contributed by atoms with Crippen LogP contribution in [0, 0.1) is 5.82 Å². The topological polar surface area (TPSA) is 55.8 Å². The molecule has 3 aliphatic heterocycles. The number of aliphatic hydroxyl groups is 1. The van der Waals surface area contributed by atoms with Crippen LogP contribution in [0.5, 0.6) is 0 Å². The number of carbonyl (C=O) groups is 1. The Bertz CT molecular complexity index is 702. The number of amides is 1. The van der Waals surface area contributed by atoms with Crippen molar-refractivity contribution in [3.8, 4) is 0 Å². The fraction of sp³-hybridized carbons (Fsp3) is 0.682. The average Bonchev–Trinajstić information content (AvgIpc) is 2.93. The molecule has 3 fully saturated rings. The van der Waals surface area contributed by atoms with Crippen LogP contribution in [0.1, 0.15) is 51.9 Å². The largest absolute Gasteiger partial charge is 0.388 e. The second-order valence-corrected chi connectivity index (χ2v) is 9.14. The molecule has 5 nitrogen and oxygen atoms in total. The molecule has 1 aromatic carbocycles. The first-order chi connectivity index (χ1) is 13.4. The van der Waals surface area contributed by atoms with Crippen LogP contribution in [0.2, 0.25) is 0 Å². The molecule has 6 heteroatoms. The number of hydrogen-bond acceptors (Lipinski definition) is 4. The van der Waals surface area contributed by atoms with Gasteiger partial charge in [0.15, 0.2) is 0 Å². The molecule has 154 valence electrons. The number of β-amino-alcohol motifs (C(OH)–C–C–N with tert-alkyl or cyclic N) is 1. The molecule has 2 N–H and O–H groups in total. The summed E-state index contributed by atoms with van der Waals surface area (Å²) in [6, 6.07) is 6.90. The van der Waals surface area contributed by atoms with Gasteiger partial charge in [-0.15, -0.1) is 0 Å². The van der Waals surface area contributed by atoms with Crippen molar-refractivity contribution >= 4 is 11.6 Å². The predicted octanol–water partition coefficient (Wildman–Crippen LogP) is 2.68. The summed E-state index contributed by atoms with van der Waals surface area (Å²) in [7, 11) is 0. The zero-order valence-electron chi connectivity index (χ0n) is 16.8. The number of halogens is 1. The number of nitrogens with zero attached hydrogens (tertiary/aromatic N) is 2. The molecule has 3 heterocycles. The van der Waals surface area contributed by atoms with E-state index in [0.29, 0.717) is 31.8 Å². The molecule has 3 aliphatic rings. The minimum atomic E-state index is -0.700. The smallest absolute Gasteiger partial charge is 0.220 e. The van der Waals surface area contributed by atoms with E-state index in [4.69, 9.17) is 0 Å². The second kappa shape index (κ2) is 7.64. The van der Waals surface area contributed by atoms with Crippen molar-refractivity contribution in [2.45, 2.75) is 69.1 Å². The van der Waals surface area contributed by atoms with Crippen molar-refractivity contribution < 1.29 is 14.3 Å². The van der Waals surface area contributed by atoms with Crippen LogP contribution < -0.4 is 10.2 Å². The number of piperidine rings is 1. The molecular weight excluding hydrogens is 357 g/mol. The molecule has 1 amide bonds. The molecule has 0 spiro atoms. The van der Waals surface area contributed by atoms with Crippen molar-refractivity contribution in [1.29, 1.82) is 0 Å². The molecule has 28 heavy (non-hydrogen) atoms. The molecule has 2 atom stereocenters. The van der Waals surface area contributed by atoms with Crippen LogP contribution >= 0.6 is 0 Å². The van der Waals surface area contributed by atoms with Gasteiger partial charge in [-0.1, -0.05) is 6.42 Å². The van der Waals surface area contributed by atoms with E-state index in [1.165, 1.54) is 12.1 Å². The monoisotopic (exact) mass is 389 g/mol. The fourth-order valence-electron chi connectivity index (χ4n) is 5.31. The van der Waals surface area contributed by atoms with Gasteiger partial charge in [-0.25, -0.2) is 4.39 Å². The van der Waals surface area contributed by atoms with Gasteiger partial charge in [-0.2, -0.15) is 0 Å². The van der Waals surface area contributed by atoms with Gasteiger partial charge in [-0.05, 0) is 63.3 Å². The Hall–Kier alpha value is -1.66. The Morgan fingerprint density at radius 1 is 1.14 bits per heavy atom. The van der Waals surface area contributed by atoms with Crippen LogP contribution in [0.4, 0.5) is 10.1 Å². The molecule has 0 bridgehead atoms. The Morgan fingerprint density at radius 2 is 1.86 bits per heavy atom. The van der Waals surface area contributed by atoms with Crippen LogP contribution in [-0.2, 0) is 4.79 Å². The van der Waals surface area contributed by atoms with Gasteiger partial charge >= 0.3 is 0 Å². The molecule has 0 radical (unpaired) electrons. The molecule has 0 saturated carbocycles. The maximum atomic E-state index is 13.2. The highest BCUT2D eigenvalue weighted by Gasteiger charge is 2.47. The SMILES string of the molecule is C[C@]12CCN(CC3(O)CCN(c4ccc(F)cc4)CC3)[C@H]1CCCCC(=O)N2. The summed E-state index contributed by atoms with van der Waals surface area (Å²) in [5.41, 5.74) is 0.136. The third kappa shape index (κ3) is 4.03. The molecule has 1 aromatic rings. The molecule has 3 saturated heterocycles. The molecule has 0 unspecified atom stereocenters. The van der Waals surface area contributed by atoms with Crippen molar-refractivity contribution in [2.24, 2.45) is 0 Å². The quantitative estimate of drug-likeness (QED) is 0.835. The van der Waals surface area contributed by atoms with Gasteiger partial charge in [0.2, 0.25) is 5.91 Å². The number of rotatable bonds is 3. The van der Waals surface area contributed by atoms with E-state index in [0.717, 1.165) is 51.0 Å². The zero-order chi connectivity index (χ0) is 19.8. The number of fused-ring (bicyclic) bond motifs is 1. The van der Waals surface area contributed by atoms with E-state index in [9.17, 15) is 14.3 Å². The minimum Gasteiger partial charge on any atom is -0.388 e. The highest BCUT2D eigenvalue weighted by molar-refractivity contribution is 5.77. The van der Waals surface area contributed by atoms with E-state index in [-0.39, 0.29) is 17.3 Å². The van der Waals surface area contributed by atoms with Gasteiger partial charge in [0.25, 0.3) is 0 Å². The lowest BCUT2D eigenvalue weighted by molar-refractivity contribution is -0.124. The summed E-state index contributed by atoms with van der Waals surface area (Å²) in [6.07, 6.45) is 6.08. The van der Waals surface area contributed by atoms with Gasteiger partial charge in [0.05, 0.1) is 11.1 Å². The van der Waals surface area contributed by atoms with Gasteiger partial charge in [0, 0.05) is 44.3 Å². The van der Waals surface area contributed by atoms with E-state index in [1.807, 2.05) is 12.1 Å². The highest BCUT2D eigenvalue weighted by Crippen LogP contribution is 2.36. The number of anilines is 1. The predicted molar refractivity (Wildman–Crippen MR) is 108 cm³/mol. The van der Waals surface area contributed by atoms with Gasteiger partial charge < -0.3 is 15.3 Å². The molecule has 0 aromatic heterocycles. The Balaban J connectivity index is 1.39. The first-order valence-electron chi connectivity index (χ1n) is 10.6. The summed E-state index contributed by atoms with van der Waals surface area (Å²) in [5.74, 6) is -0.0546. The van der Waals surface area contributed by atoms with Gasteiger partial charge in [0.1, 0.15) is 5.82 Å². The lowest BCUT2D eigenvalue weighted by atomic mass is 9.85. The number of carbonyl (C=O) groups excluding carboxylic acids is 1. The number of benzene rings is 1. The second-order valence-electron chi connectivity index (χ2n) is 9.14. The van der Waals surface area contributed by atoms with E-state index in [1.54, 1.807) is 0 Å². The van der Waals surface area contributed by atoms with Crippen LogP contribution in [-0.4, -0.2) is 59.3 Å². The maximum absolute atomic E-state index is 13.2. The lowest BCUT2D eigenvalue weighted by Crippen LogP contribution is -2.58. The Kier molecular flexibility index (Phi) is 5.36. The summed E-state index contributed by atoms with van der Waals surface area (Å²) >= 11 is 0. The first-order valence-corrected chi connectivity index (χ1v) is 10.6. The summed E-state index contributed by atoms with van der Waals surface area (Å²) < 4.78 is 13.2. The first kappa shape index (κ1) is 19.6. The zero-order valence-corrected chi connectivity index (χ0v) is 16.8. The van der Waals surface area contributed by atoms with Crippen molar-refractivity contribution in [2.75, 3.05) is 31.1 Å². The third-order valence-electron chi connectivity index (χ3n) is 7.03. The van der Waals surface area contributed by atoms with E-state index in [2.05, 4.69) is 22.0 Å². The molecule has 4 rings (SSSR count).